The van der Waals surface area contributed by atoms with Gasteiger partial charge in [-0.2, -0.15) is 0 Å². The SMILES string of the molecule is COC(=O)C[C@H]1C[C@@H](C2SCCS2)C1(C)C. The molecule has 0 unspecified atom stereocenters. The molecule has 0 spiro atoms. The van der Waals surface area contributed by atoms with Gasteiger partial charge in [0.05, 0.1) is 11.7 Å². The van der Waals surface area contributed by atoms with Crippen LogP contribution in [-0.2, 0) is 9.53 Å². The van der Waals surface area contributed by atoms with Crippen LogP contribution in [0.2, 0.25) is 0 Å². The second-order valence-corrected chi connectivity index (χ2v) is 8.05. The Hall–Kier alpha value is 0.170. The minimum atomic E-state index is -0.0525. The van der Waals surface area contributed by atoms with Gasteiger partial charge in [0.1, 0.15) is 0 Å². The van der Waals surface area contributed by atoms with E-state index in [4.69, 9.17) is 4.74 Å². The number of carbonyl (C=O) groups is 1. The van der Waals surface area contributed by atoms with Gasteiger partial charge in [-0.1, -0.05) is 13.8 Å². The van der Waals surface area contributed by atoms with E-state index in [1.54, 1.807) is 0 Å². The summed E-state index contributed by atoms with van der Waals surface area (Å²) < 4.78 is 5.53. The first-order chi connectivity index (χ1) is 7.55. The highest BCUT2D eigenvalue weighted by Crippen LogP contribution is 2.59. The third kappa shape index (κ3) is 2.23. The Morgan fingerprint density at radius 3 is 2.50 bits per heavy atom. The molecule has 2 rings (SSSR count). The van der Waals surface area contributed by atoms with E-state index in [2.05, 4.69) is 37.4 Å². The first-order valence-corrected chi connectivity index (χ1v) is 7.95. The molecule has 0 N–H and O–H groups in total. The van der Waals surface area contributed by atoms with E-state index in [0.717, 1.165) is 10.5 Å². The van der Waals surface area contributed by atoms with Gasteiger partial charge in [0.25, 0.3) is 0 Å². The van der Waals surface area contributed by atoms with Gasteiger partial charge in [-0.05, 0) is 23.7 Å². The summed E-state index contributed by atoms with van der Waals surface area (Å²) in [6.07, 6.45) is 1.80. The molecular formula is C12H20O2S2. The third-order valence-electron chi connectivity index (χ3n) is 4.16. The minimum absolute atomic E-state index is 0.0525. The van der Waals surface area contributed by atoms with Crippen LogP contribution >= 0.6 is 23.5 Å². The fourth-order valence-electron chi connectivity index (χ4n) is 2.76. The largest absolute Gasteiger partial charge is 0.469 e. The molecule has 1 saturated carbocycles. The van der Waals surface area contributed by atoms with E-state index >= 15 is 0 Å². The van der Waals surface area contributed by atoms with Crippen LogP contribution in [0.1, 0.15) is 26.7 Å². The number of hydrogen-bond donors (Lipinski definition) is 0. The van der Waals surface area contributed by atoms with Gasteiger partial charge in [-0.25, -0.2) is 0 Å². The quantitative estimate of drug-likeness (QED) is 0.729. The zero-order valence-electron chi connectivity index (χ0n) is 10.2. The van der Waals surface area contributed by atoms with Crippen LogP contribution in [0.5, 0.6) is 0 Å². The van der Waals surface area contributed by atoms with E-state index < -0.39 is 0 Å². The molecule has 1 saturated heterocycles. The maximum Gasteiger partial charge on any atom is 0.305 e. The molecule has 0 amide bonds. The smallest absolute Gasteiger partial charge is 0.305 e. The number of carbonyl (C=O) groups excluding carboxylic acids is 1. The van der Waals surface area contributed by atoms with Crippen LogP contribution < -0.4 is 0 Å². The number of rotatable bonds is 3. The predicted molar refractivity (Wildman–Crippen MR) is 70.7 cm³/mol. The zero-order chi connectivity index (χ0) is 11.8. The maximum atomic E-state index is 11.3. The van der Waals surface area contributed by atoms with Gasteiger partial charge in [0, 0.05) is 17.9 Å². The average Bonchev–Trinajstić information content (AvgIpc) is 2.76. The van der Waals surface area contributed by atoms with Crippen molar-refractivity contribution in [2.75, 3.05) is 18.6 Å². The molecule has 16 heavy (non-hydrogen) atoms. The first kappa shape index (κ1) is 12.6. The molecule has 1 heterocycles. The fourth-order valence-corrected chi connectivity index (χ4v) is 6.34. The van der Waals surface area contributed by atoms with Crippen molar-refractivity contribution in [3.05, 3.63) is 0 Å². The highest BCUT2D eigenvalue weighted by molar-refractivity contribution is 8.20. The van der Waals surface area contributed by atoms with Crippen molar-refractivity contribution in [2.24, 2.45) is 17.3 Å². The lowest BCUT2D eigenvalue weighted by Gasteiger charge is -2.54. The van der Waals surface area contributed by atoms with Crippen LogP contribution in [0.15, 0.2) is 0 Å². The Morgan fingerprint density at radius 1 is 1.38 bits per heavy atom. The molecule has 2 nitrogen and oxygen atoms in total. The van der Waals surface area contributed by atoms with Crippen LogP contribution in [0.3, 0.4) is 0 Å². The molecule has 1 aliphatic heterocycles. The molecule has 0 aromatic heterocycles. The topological polar surface area (TPSA) is 26.3 Å². The van der Waals surface area contributed by atoms with Crippen LogP contribution in [0.4, 0.5) is 0 Å². The molecular weight excluding hydrogens is 240 g/mol. The molecule has 0 radical (unpaired) electrons. The number of thioether (sulfide) groups is 2. The van der Waals surface area contributed by atoms with E-state index in [9.17, 15) is 4.79 Å². The Kier molecular flexibility index (Phi) is 3.79. The summed E-state index contributed by atoms with van der Waals surface area (Å²) in [6, 6.07) is 0. The lowest BCUT2D eigenvalue weighted by Crippen LogP contribution is -2.49. The standard InChI is InChI=1S/C12H20O2S2/c1-12(2)8(7-10(13)14-3)6-9(12)11-15-4-5-16-11/h8-9,11H,4-7H2,1-3H3/t8-,9+/m1/s1. The normalized spacial score (nSPS) is 33.4. The Labute approximate surface area is 106 Å². The summed E-state index contributed by atoms with van der Waals surface area (Å²) >= 11 is 4.20. The summed E-state index contributed by atoms with van der Waals surface area (Å²) in [7, 11) is 1.48. The summed E-state index contributed by atoms with van der Waals surface area (Å²) in [6.45, 7) is 4.63. The van der Waals surface area contributed by atoms with Crippen molar-refractivity contribution in [2.45, 2.75) is 31.3 Å². The van der Waals surface area contributed by atoms with Crippen molar-refractivity contribution in [1.82, 2.24) is 0 Å². The van der Waals surface area contributed by atoms with Crippen molar-refractivity contribution >= 4 is 29.5 Å². The van der Waals surface area contributed by atoms with Gasteiger partial charge in [0.15, 0.2) is 0 Å². The summed E-state index contributed by atoms with van der Waals surface area (Å²) in [4.78, 5) is 11.3. The van der Waals surface area contributed by atoms with E-state index in [1.807, 2.05) is 0 Å². The van der Waals surface area contributed by atoms with Crippen molar-refractivity contribution in [3.63, 3.8) is 0 Å². The first-order valence-electron chi connectivity index (χ1n) is 5.85. The lowest BCUT2D eigenvalue weighted by molar-refractivity contribution is -0.146. The van der Waals surface area contributed by atoms with Crippen LogP contribution in [-0.4, -0.2) is 29.2 Å². The molecule has 92 valence electrons. The summed E-state index contributed by atoms with van der Waals surface area (Å²) in [5.41, 5.74) is 0.309. The Balaban J connectivity index is 1.90. The van der Waals surface area contributed by atoms with E-state index in [0.29, 0.717) is 17.8 Å². The van der Waals surface area contributed by atoms with Gasteiger partial charge in [-0.15, -0.1) is 23.5 Å². The molecule has 2 fully saturated rings. The number of ether oxygens (including phenoxy) is 1. The predicted octanol–water partition coefficient (Wildman–Crippen LogP) is 3.02. The Morgan fingerprint density at radius 2 is 2.00 bits per heavy atom. The van der Waals surface area contributed by atoms with Crippen molar-refractivity contribution in [3.8, 4) is 0 Å². The minimum Gasteiger partial charge on any atom is -0.469 e. The summed E-state index contributed by atoms with van der Waals surface area (Å²) in [5, 5.41) is 0. The van der Waals surface area contributed by atoms with Crippen molar-refractivity contribution < 1.29 is 9.53 Å². The average molecular weight is 260 g/mol. The molecule has 0 aromatic rings. The van der Waals surface area contributed by atoms with Gasteiger partial charge >= 0.3 is 5.97 Å². The summed E-state index contributed by atoms with van der Waals surface area (Å²) in [5.74, 6) is 3.84. The van der Waals surface area contributed by atoms with Gasteiger partial charge < -0.3 is 4.74 Å². The highest BCUT2D eigenvalue weighted by Gasteiger charge is 2.52. The monoisotopic (exact) mass is 260 g/mol. The van der Waals surface area contributed by atoms with E-state index in [1.165, 1.54) is 25.0 Å². The van der Waals surface area contributed by atoms with Gasteiger partial charge in [-0.3, -0.25) is 4.79 Å². The molecule has 0 aromatic carbocycles. The molecule has 4 heteroatoms. The third-order valence-corrected chi connectivity index (χ3v) is 7.43. The highest BCUT2D eigenvalue weighted by atomic mass is 32.2. The molecule has 0 bridgehead atoms. The molecule has 2 aliphatic rings. The van der Waals surface area contributed by atoms with Crippen molar-refractivity contribution in [1.29, 1.82) is 0 Å². The number of hydrogen-bond acceptors (Lipinski definition) is 4. The van der Waals surface area contributed by atoms with E-state index in [-0.39, 0.29) is 5.97 Å². The fraction of sp³-hybridized carbons (Fsp3) is 0.917. The second-order valence-electron chi connectivity index (χ2n) is 5.25. The number of methoxy groups -OCH3 is 1. The molecule has 1 aliphatic carbocycles. The number of esters is 1. The second kappa shape index (κ2) is 4.81. The Bertz CT molecular complexity index is 272. The maximum absolute atomic E-state index is 11.3. The van der Waals surface area contributed by atoms with Gasteiger partial charge in [0.2, 0.25) is 0 Å². The van der Waals surface area contributed by atoms with Crippen LogP contribution in [0, 0.1) is 17.3 Å². The van der Waals surface area contributed by atoms with Crippen LogP contribution in [0.25, 0.3) is 0 Å². The molecule has 2 atom stereocenters. The lowest BCUT2D eigenvalue weighted by atomic mass is 9.54. The zero-order valence-corrected chi connectivity index (χ0v) is 11.8.